The standard InChI is InChI=1S/C29H25ClO4/c1-33-27-20-21(17-19-28(31)32)16-18-26(27)34-29(22-10-4-2-5-11-22,23-12-6-3-7-13-23)24-14-8-9-15-25(24)30/h2-16,18,20H,17,19H2,1H3,(H,31,32). The lowest BCUT2D eigenvalue weighted by atomic mass is 9.80. The van der Waals surface area contributed by atoms with Gasteiger partial charge < -0.3 is 14.6 Å². The third-order valence-electron chi connectivity index (χ3n) is 5.73. The zero-order valence-corrected chi connectivity index (χ0v) is 19.5. The molecule has 0 fully saturated rings. The van der Waals surface area contributed by atoms with Crippen LogP contribution < -0.4 is 9.47 Å². The number of carbonyl (C=O) groups is 1. The minimum atomic E-state index is -1.06. The first kappa shape index (κ1) is 23.4. The first-order chi connectivity index (χ1) is 16.5. The Morgan fingerprint density at radius 3 is 1.97 bits per heavy atom. The van der Waals surface area contributed by atoms with E-state index in [0.717, 1.165) is 22.3 Å². The minimum absolute atomic E-state index is 0.0426. The molecule has 4 aromatic rings. The Bertz CT molecular complexity index is 1220. The van der Waals surface area contributed by atoms with E-state index in [1.165, 1.54) is 0 Å². The fourth-order valence-corrected chi connectivity index (χ4v) is 4.38. The van der Waals surface area contributed by atoms with Gasteiger partial charge in [-0.25, -0.2) is 0 Å². The summed E-state index contributed by atoms with van der Waals surface area (Å²) >= 11 is 6.78. The van der Waals surface area contributed by atoms with Crippen LogP contribution in [-0.4, -0.2) is 18.2 Å². The van der Waals surface area contributed by atoms with E-state index in [1.54, 1.807) is 7.11 Å². The molecule has 4 aromatic carbocycles. The Morgan fingerprint density at radius 1 is 0.824 bits per heavy atom. The van der Waals surface area contributed by atoms with E-state index in [2.05, 4.69) is 0 Å². The Labute approximate surface area is 204 Å². The molecule has 0 saturated carbocycles. The molecule has 0 amide bonds. The number of aryl methyl sites for hydroxylation is 1. The molecule has 34 heavy (non-hydrogen) atoms. The van der Waals surface area contributed by atoms with E-state index < -0.39 is 11.6 Å². The number of carboxylic acid groups (broad SMARTS) is 1. The molecule has 1 N–H and O–H groups in total. The summed E-state index contributed by atoms with van der Waals surface area (Å²) < 4.78 is 12.6. The quantitative estimate of drug-likeness (QED) is 0.274. The Kier molecular flexibility index (Phi) is 7.19. The maximum Gasteiger partial charge on any atom is 0.303 e. The van der Waals surface area contributed by atoms with Crippen LogP contribution >= 0.6 is 11.6 Å². The molecule has 172 valence electrons. The maximum atomic E-state index is 11.0. The Balaban J connectivity index is 1.92. The highest BCUT2D eigenvalue weighted by molar-refractivity contribution is 6.31. The van der Waals surface area contributed by atoms with Crippen molar-refractivity contribution < 1.29 is 19.4 Å². The summed E-state index contributed by atoms with van der Waals surface area (Å²) in [6, 6.07) is 33.1. The van der Waals surface area contributed by atoms with E-state index >= 15 is 0 Å². The molecule has 0 spiro atoms. The number of ether oxygens (including phenoxy) is 2. The summed E-state index contributed by atoms with van der Waals surface area (Å²) in [4.78, 5) is 11.0. The van der Waals surface area contributed by atoms with Crippen molar-refractivity contribution in [3.05, 3.63) is 130 Å². The third-order valence-corrected chi connectivity index (χ3v) is 6.06. The molecular weight excluding hydrogens is 448 g/mol. The molecule has 0 aliphatic rings. The van der Waals surface area contributed by atoms with Crippen molar-refractivity contribution in [2.75, 3.05) is 7.11 Å². The minimum Gasteiger partial charge on any atom is -0.493 e. The summed E-state index contributed by atoms with van der Waals surface area (Å²) in [6.45, 7) is 0. The van der Waals surface area contributed by atoms with Crippen LogP contribution in [-0.2, 0) is 16.8 Å². The lowest BCUT2D eigenvalue weighted by Crippen LogP contribution is -2.36. The molecule has 4 rings (SSSR count). The maximum absolute atomic E-state index is 11.0. The van der Waals surface area contributed by atoms with E-state index in [1.807, 2.05) is 103 Å². The van der Waals surface area contributed by atoms with Gasteiger partial charge in [-0.05, 0) is 30.2 Å². The van der Waals surface area contributed by atoms with Crippen molar-refractivity contribution in [2.45, 2.75) is 18.4 Å². The monoisotopic (exact) mass is 472 g/mol. The number of benzene rings is 4. The van der Waals surface area contributed by atoms with Crippen molar-refractivity contribution >= 4 is 17.6 Å². The van der Waals surface area contributed by atoms with E-state index in [-0.39, 0.29) is 6.42 Å². The second-order valence-electron chi connectivity index (χ2n) is 7.87. The lowest BCUT2D eigenvalue weighted by molar-refractivity contribution is -0.136. The molecule has 0 heterocycles. The molecule has 0 radical (unpaired) electrons. The van der Waals surface area contributed by atoms with Crippen molar-refractivity contribution in [1.82, 2.24) is 0 Å². The van der Waals surface area contributed by atoms with Crippen LogP contribution in [0.3, 0.4) is 0 Å². The van der Waals surface area contributed by atoms with Crippen LogP contribution in [0.5, 0.6) is 11.5 Å². The number of halogens is 1. The second-order valence-corrected chi connectivity index (χ2v) is 8.28. The molecular formula is C29H25ClO4. The number of rotatable bonds is 9. The molecule has 0 aromatic heterocycles. The van der Waals surface area contributed by atoms with Crippen molar-refractivity contribution in [2.24, 2.45) is 0 Å². The summed E-state index contributed by atoms with van der Waals surface area (Å²) in [5.41, 5.74) is 2.41. The number of carboxylic acids is 1. The predicted molar refractivity (Wildman–Crippen MR) is 134 cm³/mol. The van der Waals surface area contributed by atoms with Gasteiger partial charge in [0.25, 0.3) is 0 Å². The largest absolute Gasteiger partial charge is 0.493 e. The van der Waals surface area contributed by atoms with Gasteiger partial charge in [0.05, 0.1) is 7.11 Å². The molecule has 0 atom stereocenters. The average Bonchev–Trinajstić information content (AvgIpc) is 2.88. The Hall–Kier alpha value is -3.76. The van der Waals surface area contributed by atoms with Crippen molar-refractivity contribution in [1.29, 1.82) is 0 Å². The molecule has 0 bridgehead atoms. The lowest BCUT2D eigenvalue weighted by Gasteiger charge is -2.37. The second kappa shape index (κ2) is 10.4. The highest BCUT2D eigenvalue weighted by Crippen LogP contribution is 2.45. The fraction of sp³-hybridized carbons (Fsp3) is 0.138. The van der Waals surface area contributed by atoms with Gasteiger partial charge in [-0.1, -0.05) is 96.5 Å². The van der Waals surface area contributed by atoms with Crippen LogP contribution in [0.1, 0.15) is 28.7 Å². The SMILES string of the molecule is COc1cc(CCC(=O)O)ccc1OC(c1ccccc1)(c1ccccc1)c1ccccc1Cl. The van der Waals surface area contributed by atoms with E-state index in [4.69, 9.17) is 26.2 Å². The van der Waals surface area contributed by atoms with Gasteiger partial charge in [0.1, 0.15) is 0 Å². The van der Waals surface area contributed by atoms with Gasteiger partial charge in [0.2, 0.25) is 0 Å². The van der Waals surface area contributed by atoms with Crippen LogP contribution in [0, 0.1) is 0 Å². The average molecular weight is 473 g/mol. The topological polar surface area (TPSA) is 55.8 Å². The fourth-order valence-electron chi connectivity index (χ4n) is 4.11. The zero-order valence-electron chi connectivity index (χ0n) is 18.8. The predicted octanol–water partition coefficient (Wildman–Crippen LogP) is 6.74. The third kappa shape index (κ3) is 4.78. The highest BCUT2D eigenvalue weighted by Gasteiger charge is 2.41. The van der Waals surface area contributed by atoms with Gasteiger partial charge >= 0.3 is 5.97 Å². The van der Waals surface area contributed by atoms with Gasteiger partial charge in [-0.3, -0.25) is 4.79 Å². The molecule has 0 unspecified atom stereocenters. The van der Waals surface area contributed by atoms with Crippen LogP contribution in [0.2, 0.25) is 5.02 Å². The molecule has 0 aliphatic carbocycles. The molecule has 0 saturated heterocycles. The highest BCUT2D eigenvalue weighted by atomic mass is 35.5. The normalized spacial score (nSPS) is 11.1. The van der Waals surface area contributed by atoms with Crippen LogP contribution in [0.15, 0.2) is 103 Å². The number of hydrogen-bond donors (Lipinski definition) is 1. The van der Waals surface area contributed by atoms with Crippen molar-refractivity contribution in [3.8, 4) is 11.5 Å². The zero-order chi connectivity index (χ0) is 24.0. The summed E-state index contributed by atoms with van der Waals surface area (Å²) in [5.74, 6) is 0.200. The molecule has 5 heteroatoms. The van der Waals surface area contributed by atoms with Crippen molar-refractivity contribution in [3.63, 3.8) is 0 Å². The first-order valence-electron chi connectivity index (χ1n) is 11.0. The number of methoxy groups -OCH3 is 1. The first-order valence-corrected chi connectivity index (χ1v) is 11.4. The van der Waals surface area contributed by atoms with Gasteiger partial charge in [-0.2, -0.15) is 0 Å². The van der Waals surface area contributed by atoms with Gasteiger partial charge in [0.15, 0.2) is 17.1 Å². The molecule has 4 nitrogen and oxygen atoms in total. The molecule has 0 aliphatic heterocycles. The van der Waals surface area contributed by atoms with Gasteiger partial charge in [0, 0.05) is 28.1 Å². The summed E-state index contributed by atoms with van der Waals surface area (Å²) in [5, 5.41) is 9.62. The van der Waals surface area contributed by atoms with E-state index in [0.29, 0.717) is 22.9 Å². The number of hydrogen-bond acceptors (Lipinski definition) is 3. The summed E-state index contributed by atoms with van der Waals surface area (Å²) in [7, 11) is 1.57. The van der Waals surface area contributed by atoms with Gasteiger partial charge in [-0.15, -0.1) is 0 Å². The van der Waals surface area contributed by atoms with E-state index in [9.17, 15) is 4.79 Å². The Morgan fingerprint density at radius 2 is 1.41 bits per heavy atom. The number of aliphatic carboxylic acids is 1. The summed E-state index contributed by atoms with van der Waals surface area (Å²) in [6.07, 6.45) is 0.444. The smallest absolute Gasteiger partial charge is 0.303 e. The van der Waals surface area contributed by atoms with Crippen LogP contribution in [0.4, 0.5) is 0 Å². The van der Waals surface area contributed by atoms with Crippen LogP contribution in [0.25, 0.3) is 0 Å².